The number of unbranched alkanes of at least 4 members (excludes halogenated alkanes) is 2. The molecule has 7 nitrogen and oxygen atoms in total. The van der Waals surface area contributed by atoms with E-state index in [4.69, 9.17) is 0 Å². The maximum Gasteiger partial charge on any atom is 0.220 e. The van der Waals surface area contributed by atoms with Gasteiger partial charge < -0.3 is 15.2 Å². The number of nitrogens with one attached hydrogen (secondary N) is 2. The average molecular weight is 479 g/mol. The monoisotopic (exact) mass is 478 g/mol. The van der Waals surface area contributed by atoms with Crippen LogP contribution >= 0.6 is 0 Å². The third kappa shape index (κ3) is 6.38. The molecule has 2 N–H and O–H groups in total. The number of ketones is 1. The zero-order chi connectivity index (χ0) is 24.8. The first kappa shape index (κ1) is 25.1. The molecule has 35 heavy (non-hydrogen) atoms. The molecule has 1 aliphatic heterocycles. The number of aromatic nitrogens is 2. The normalized spacial score (nSPS) is 17.5. The van der Waals surface area contributed by atoms with Gasteiger partial charge in [-0.3, -0.25) is 14.4 Å². The molecule has 0 bridgehead atoms. The van der Waals surface area contributed by atoms with Crippen LogP contribution < -0.4 is 5.32 Å². The van der Waals surface area contributed by atoms with Gasteiger partial charge in [0, 0.05) is 44.7 Å². The van der Waals surface area contributed by atoms with Gasteiger partial charge in [0.2, 0.25) is 11.8 Å². The highest BCUT2D eigenvalue weighted by Gasteiger charge is 2.53. The van der Waals surface area contributed by atoms with E-state index in [2.05, 4.69) is 15.3 Å². The summed E-state index contributed by atoms with van der Waals surface area (Å²) in [6.07, 6.45) is 9.21. The molecule has 1 aliphatic carbocycles. The molecule has 1 saturated carbocycles. The van der Waals surface area contributed by atoms with E-state index in [1.807, 2.05) is 48.4 Å². The second-order valence-electron chi connectivity index (χ2n) is 10.5. The van der Waals surface area contributed by atoms with Gasteiger partial charge in [0.1, 0.15) is 11.6 Å². The van der Waals surface area contributed by atoms with E-state index in [1.54, 1.807) is 6.92 Å². The maximum absolute atomic E-state index is 13.0. The molecule has 1 aromatic heterocycles. The van der Waals surface area contributed by atoms with Crippen molar-refractivity contribution in [1.82, 2.24) is 20.2 Å². The zero-order valence-corrected chi connectivity index (χ0v) is 21.0. The summed E-state index contributed by atoms with van der Waals surface area (Å²) >= 11 is 0. The van der Waals surface area contributed by atoms with Gasteiger partial charge in [-0.2, -0.15) is 0 Å². The molecule has 1 aromatic carbocycles. The fraction of sp³-hybridized carbons (Fsp3) is 0.571. The number of carbonyl (C=O) groups excluding carboxylic acids is 3. The van der Waals surface area contributed by atoms with E-state index in [0.29, 0.717) is 31.0 Å². The number of hydrogen-bond acceptors (Lipinski definition) is 4. The Hall–Kier alpha value is -2.96. The molecule has 1 saturated heterocycles. The van der Waals surface area contributed by atoms with E-state index >= 15 is 0 Å². The highest BCUT2D eigenvalue weighted by molar-refractivity contribution is 5.78. The number of rotatable bonds is 12. The molecule has 0 unspecified atom stereocenters. The van der Waals surface area contributed by atoms with E-state index in [-0.39, 0.29) is 23.3 Å². The van der Waals surface area contributed by atoms with E-state index in [0.717, 1.165) is 68.7 Å². The molecule has 1 atom stereocenters. The fourth-order valence-electron chi connectivity index (χ4n) is 5.65. The molecule has 4 rings (SSSR count). The van der Waals surface area contributed by atoms with Crippen molar-refractivity contribution in [2.75, 3.05) is 13.1 Å². The minimum absolute atomic E-state index is 0.0661. The SMILES string of the molecule is CCC(=O)CCCCC[C@H](NC(=O)CC1CC2(C1)CN(C(C)=O)C2)c1ncc(-c2ccccc2)[nH]1. The van der Waals surface area contributed by atoms with Crippen molar-refractivity contribution in [1.29, 1.82) is 0 Å². The number of carbonyl (C=O) groups is 3. The summed E-state index contributed by atoms with van der Waals surface area (Å²) in [6, 6.07) is 9.88. The third-order valence-electron chi connectivity index (χ3n) is 7.60. The van der Waals surface area contributed by atoms with Crippen molar-refractivity contribution >= 4 is 17.6 Å². The average Bonchev–Trinajstić information content (AvgIpc) is 3.29. The Kier molecular flexibility index (Phi) is 8.04. The topological polar surface area (TPSA) is 95.2 Å². The number of amides is 2. The van der Waals surface area contributed by atoms with Crippen molar-refractivity contribution in [3.8, 4) is 11.3 Å². The lowest BCUT2D eigenvalue weighted by Gasteiger charge is -2.59. The van der Waals surface area contributed by atoms with Crippen molar-refractivity contribution in [2.45, 2.75) is 77.7 Å². The summed E-state index contributed by atoms with van der Waals surface area (Å²) in [6.45, 7) is 5.22. The molecule has 188 valence electrons. The van der Waals surface area contributed by atoms with Crippen molar-refractivity contribution < 1.29 is 14.4 Å². The third-order valence-corrected chi connectivity index (χ3v) is 7.60. The molecule has 0 radical (unpaired) electrons. The highest BCUT2D eigenvalue weighted by Crippen LogP contribution is 2.53. The number of benzene rings is 1. The van der Waals surface area contributed by atoms with Crippen molar-refractivity contribution in [3.05, 3.63) is 42.4 Å². The van der Waals surface area contributed by atoms with Crippen LogP contribution in [0.25, 0.3) is 11.3 Å². The lowest BCUT2D eigenvalue weighted by molar-refractivity contribution is -0.154. The second-order valence-corrected chi connectivity index (χ2v) is 10.5. The Bertz CT molecular complexity index is 1020. The Morgan fingerprint density at radius 1 is 1.14 bits per heavy atom. The summed E-state index contributed by atoms with van der Waals surface area (Å²) in [7, 11) is 0. The number of nitrogens with zero attached hydrogens (tertiary/aromatic N) is 2. The van der Waals surface area contributed by atoms with Gasteiger partial charge >= 0.3 is 0 Å². The van der Waals surface area contributed by atoms with Crippen LogP contribution in [0.15, 0.2) is 36.5 Å². The number of aromatic amines is 1. The summed E-state index contributed by atoms with van der Waals surface area (Å²) in [5.74, 6) is 1.69. The van der Waals surface area contributed by atoms with Crippen LogP contribution in [0, 0.1) is 11.3 Å². The van der Waals surface area contributed by atoms with Gasteiger partial charge in [-0.1, -0.05) is 50.1 Å². The second kappa shape index (κ2) is 11.2. The van der Waals surface area contributed by atoms with Gasteiger partial charge in [-0.15, -0.1) is 0 Å². The van der Waals surface area contributed by atoms with Crippen LogP contribution in [0.4, 0.5) is 0 Å². The Morgan fingerprint density at radius 3 is 2.57 bits per heavy atom. The maximum atomic E-state index is 13.0. The van der Waals surface area contributed by atoms with Crippen molar-refractivity contribution in [2.24, 2.45) is 11.3 Å². The van der Waals surface area contributed by atoms with Gasteiger partial charge in [-0.25, -0.2) is 4.98 Å². The molecule has 7 heteroatoms. The quantitative estimate of drug-likeness (QED) is 0.428. The predicted octanol–water partition coefficient (Wildman–Crippen LogP) is 4.81. The lowest BCUT2D eigenvalue weighted by Crippen LogP contribution is -2.63. The van der Waals surface area contributed by atoms with Crippen LogP contribution in [0.2, 0.25) is 0 Å². The minimum Gasteiger partial charge on any atom is -0.346 e. The first-order valence-electron chi connectivity index (χ1n) is 13.0. The van der Waals surface area contributed by atoms with E-state index in [1.165, 1.54) is 0 Å². The minimum atomic E-state index is -0.173. The molecule has 2 heterocycles. The van der Waals surface area contributed by atoms with Gasteiger partial charge in [0.15, 0.2) is 0 Å². The van der Waals surface area contributed by atoms with E-state index in [9.17, 15) is 14.4 Å². The van der Waals surface area contributed by atoms with Crippen molar-refractivity contribution in [3.63, 3.8) is 0 Å². The predicted molar refractivity (Wildman–Crippen MR) is 135 cm³/mol. The number of hydrogen-bond donors (Lipinski definition) is 2. The lowest BCUT2D eigenvalue weighted by atomic mass is 9.57. The Morgan fingerprint density at radius 2 is 1.89 bits per heavy atom. The van der Waals surface area contributed by atoms with Gasteiger partial charge in [0.25, 0.3) is 0 Å². The van der Waals surface area contributed by atoms with Crippen LogP contribution in [-0.4, -0.2) is 45.6 Å². The Labute approximate surface area is 208 Å². The molecule has 2 fully saturated rings. The molecular formula is C28H38N4O3. The smallest absolute Gasteiger partial charge is 0.220 e. The van der Waals surface area contributed by atoms with Gasteiger partial charge in [-0.05, 0) is 37.2 Å². The molecule has 2 aromatic rings. The first-order valence-corrected chi connectivity index (χ1v) is 13.0. The first-order chi connectivity index (χ1) is 16.9. The van der Waals surface area contributed by atoms with Crippen LogP contribution in [0.1, 0.15) is 83.5 Å². The summed E-state index contributed by atoms with van der Waals surface area (Å²) in [5.41, 5.74) is 2.26. The summed E-state index contributed by atoms with van der Waals surface area (Å²) in [5, 5.41) is 3.23. The van der Waals surface area contributed by atoms with E-state index < -0.39 is 0 Å². The summed E-state index contributed by atoms with van der Waals surface area (Å²) in [4.78, 5) is 45.9. The largest absolute Gasteiger partial charge is 0.346 e. The number of imidazole rings is 1. The molecule has 2 aliphatic rings. The number of Topliss-reactive ketones (excluding diaryl/α,β-unsaturated/α-hetero) is 1. The van der Waals surface area contributed by atoms with Crippen LogP contribution in [0.5, 0.6) is 0 Å². The fourth-order valence-corrected chi connectivity index (χ4v) is 5.65. The van der Waals surface area contributed by atoms with Crippen LogP contribution in [0.3, 0.4) is 0 Å². The number of likely N-dealkylation sites (tertiary alicyclic amines) is 1. The summed E-state index contributed by atoms with van der Waals surface area (Å²) < 4.78 is 0. The highest BCUT2D eigenvalue weighted by atomic mass is 16.2. The van der Waals surface area contributed by atoms with Crippen LogP contribution in [-0.2, 0) is 14.4 Å². The number of H-pyrrole nitrogens is 1. The molecule has 2 amide bonds. The standard InChI is InChI=1S/C28H38N4O3/c1-3-23(34)12-8-5-9-13-24(27-29-17-25(31-27)22-10-6-4-7-11-22)30-26(35)14-21-15-28(16-21)18-32(19-28)20(2)33/h4,6-7,10-11,17,21,24H,3,5,8-9,12-16,18-19H2,1-2H3,(H,29,31)(H,30,35)/t24-/m0/s1. The van der Waals surface area contributed by atoms with Gasteiger partial charge in [0.05, 0.1) is 17.9 Å². The molecule has 1 spiro atoms. The zero-order valence-electron chi connectivity index (χ0n) is 21.0. The Balaban J connectivity index is 1.31. The molecular weight excluding hydrogens is 440 g/mol.